The summed E-state index contributed by atoms with van der Waals surface area (Å²) >= 11 is 0. The van der Waals surface area contributed by atoms with Crippen LogP contribution in [0.15, 0.2) is 42.5 Å². The molecule has 2 N–H and O–H groups in total. The standard InChI is InChI=1S/C14H16FN3/c1-18(10-11-5-2-3-7-13(11)15)14-8-4-6-12(9-16)17-14/h2-8H,9-10,16H2,1H3. The zero-order valence-corrected chi connectivity index (χ0v) is 10.3. The maximum absolute atomic E-state index is 13.5. The van der Waals surface area contributed by atoms with Crippen LogP contribution >= 0.6 is 0 Å². The van der Waals surface area contributed by atoms with Crippen molar-refractivity contribution in [2.45, 2.75) is 13.1 Å². The molecule has 0 aliphatic heterocycles. The van der Waals surface area contributed by atoms with Crippen LogP contribution in [0.5, 0.6) is 0 Å². The van der Waals surface area contributed by atoms with Gasteiger partial charge in [0.2, 0.25) is 0 Å². The van der Waals surface area contributed by atoms with Gasteiger partial charge < -0.3 is 10.6 Å². The Balaban J connectivity index is 2.16. The molecule has 1 heterocycles. The minimum Gasteiger partial charge on any atom is -0.355 e. The molecular weight excluding hydrogens is 229 g/mol. The van der Waals surface area contributed by atoms with Crippen molar-refractivity contribution in [3.63, 3.8) is 0 Å². The number of anilines is 1. The Labute approximate surface area is 106 Å². The van der Waals surface area contributed by atoms with Crippen LogP contribution in [-0.4, -0.2) is 12.0 Å². The molecule has 2 aromatic rings. The number of hydrogen-bond donors (Lipinski definition) is 1. The van der Waals surface area contributed by atoms with Crippen LogP contribution in [0.4, 0.5) is 10.2 Å². The van der Waals surface area contributed by atoms with Crippen molar-refractivity contribution in [3.8, 4) is 0 Å². The van der Waals surface area contributed by atoms with Gasteiger partial charge in [-0.15, -0.1) is 0 Å². The number of halogens is 1. The lowest BCUT2D eigenvalue weighted by atomic mass is 10.2. The quantitative estimate of drug-likeness (QED) is 0.898. The lowest BCUT2D eigenvalue weighted by Crippen LogP contribution is -2.19. The normalized spacial score (nSPS) is 10.4. The predicted octanol–water partition coefficient (Wildman–Crippen LogP) is 2.32. The monoisotopic (exact) mass is 245 g/mol. The molecule has 0 radical (unpaired) electrons. The highest BCUT2D eigenvalue weighted by molar-refractivity contribution is 5.39. The molecule has 0 amide bonds. The molecule has 2 rings (SSSR count). The van der Waals surface area contributed by atoms with Gasteiger partial charge in [-0.05, 0) is 18.2 Å². The smallest absolute Gasteiger partial charge is 0.128 e. The molecule has 0 saturated heterocycles. The van der Waals surface area contributed by atoms with Crippen molar-refractivity contribution < 1.29 is 4.39 Å². The SMILES string of the molecule is CN(Cc1ccccc1F)c1cccc(CN)n1. The second kappa shape index (κ2) is 5.60. The van der Waals surface area contributed by atoms with E-state index in [-0.39, 0.29) is 5.82 Å². The summed E-state index contributed by atoms with van der Waals surface area (Å²) in [5, 5.41) is 0. The van der Waals surface area contributed by atoms with Crippen LogP contribution in [0.25, 0.3) is 0 Å². The molecule has 0 aliphatic carbocycles. The van der Waals surface area contributed by atoms with E-state index in [9.17, 15) is 4.39 Å². The maximum Gasteiger partial charge on any atom is 0.128 e. The lowest BCUT2D eigenvalue weighted by molar-refractivity contribution is 0.607. The first-order chi connectivity index (χ1) is 8.70. The Morgan fingerprint density at radius 1 is 1.17 bits per heavy atom. The van der Waals surface area contributed by atoms with Crippen LogP contribution in [0, 0.1) is 5.82 Å². The molecule has 4 heteroatoms. The van der Waals surface area contributed by atoms with Gasteiger partial charge in [0.1, 0.15) is 11.6 Å². The van der Waals surface area contributed by atoms with Crippen molar-refractivity contribution in [1.29, 1.82) is 0 Å². The molecule has 18 heavy (non-hydrogen) atoms. The summed E-state index contributed by atoms with van der Waals surface area (Å²) in [4.78, 5) is 6.30. The Bertz CT molecular complexity index is 528. The van der Waals surface area contributed by atoms with Crippen molar-refractivity contribution in [2.75, 3.05) is 11.9 Å². The van der Waals surface area contributed by atoms with Crippen molar-refractivity contribution >= 4 is 5.82 Å². The fraction of sp³-hybridized carbons (Fsp3) is 0.214. The zero-order valence-electron chi connectivity index (χ0n) is 10.3. The number of nitrogens with two attached hydrogens (primary N) is 1. The zero-order chi connectivity index (χ0) is 13.0. The van der Waals surface area contributed by atoms with E-state index in [0.717, 1.165) is 11.5 Å². The Kier molecular flexibility index (Phi) is 3.89. The summed E-state index contributed by atoms with van der Waals surface area (Å²) in [5.74, 6) is 0.598. The van der Waals surface area contributed by atoms with E-state index in [1.165, 1.54) is 6.07 Å². The van der Waals surface area contributed by atoms with Crippen molar-refractivity contribution in [2.24, 2.45) is 5.73 Å². The number of nitrogens with zero attached hydrogens (tertiary/aromatic N) is 2. The highest BCUT2D eigenvalue weighted by Crippen LogP contribution is 2.15. The van der Waals surface area contributed by atoms with Crippen LogP contribution < -0.4 is 10.6 Å². The van der Waals surface area contributed by atoms with Crippen LogP contribution in [-0.2, 0) is 13.1 Å². The molecule has 94 valence electrons. The molecule has 0 atom stereocenters. The van der Waals surface area contributed by atoms with Crippen molar-refractivity contribution in [3.05, 3.63) is 59.5 Å². The van der Waals surface area contributed by atoms with E-state index in [1.807, 2.05) is 36.2 Å². The lowest BCUT2D eigenvalue weighted by Gasteiger charge is -2.19. The van der Waals surface area contributed by atoms with E-state index < -0.39 is 0 Å². The van der Waals surface area contributed by atoms with Crippen molar-refractivity contribution in [1.82, 2.24) is 4.98 Å². The van der Waals surface area contributed by atoms with Gasteiger partial charge in [-0.3, -0.25) is 0 Å². The number of rotatable bonds is 4. The molecule has 0 fully saturated rings. The van der Waals surface area contributed by atoms with Gasteiger partial charge >= 0.3 is 0 Å². The van der Waals surface area contributed by atoms with Gasteiger partial charge in [-0.2, -0.15) is 0 Å². The Hall–Kier alpha value is -1.94. The molecule has 0 bridgehead atoms. The number of aromatic nitrogens is 1. The fourth-order valence-corrected chi connectivity index (χ4v) is 1.76. The summed E-state index contributed by atoms with van der Waals surface area (Å²) in [6, 6.07) is 12.4. The molecule has 0 unspecified atom stereocenters. The third kappa shape index (κ3) is 2.84. The van der Waals surface area contributed by atoms with Gasteiger partial charge in [0, 0.05) is 25.7 Å². The van der Waals surface area contributed by atoms with Gasteiger partial charge in [0.15, 0.2) is 0 Å². The van der Waals surface area contributed by atoms with Gasteiger partial charge in [-0.25, -0.2) is 9.37 Å². The van der Waals surface area contributed by atoms with Gasteiger partial charge in [-0.1, -0.05) is 24.3 Å². The summed E-state index contributed by atoms with van der Waals surface area (Å²) < 4.78 is 13.5. The summed E-state index contributed by atoms with van der Waals surface area (Å²) in [5.41, 5.74) is 7.03. The second-order valence-electron chi connectivity index (χ2n) is 4.14. The van der Waals surface area contributed by atoms with E-state index in [4.69, 9.17) is 5.73 Å². The topological polar surface area (TPSA) is 42.1 Å². The Morgan fingerprint density at radius 2 is 1.94 bits per heavy atom. The third-order valence-corrected chi connectivity index (χ3v) is 2.76. The molecule has 3 nitrogen and oxygen atoms in total. The molecule has 0 saturated carbocycles. The Morgan fingerprint density at radius 3 is 2.67 bits per heavy atom. The largest absolute Gasteiger partial charge is 0.355 e. The minimum atomic E-state index is -0.195. The predicted molar refractivity (Wildman–Crippen MR) is 70.6 cm³/mol. The maximum atomic E-state index is 13.5. The van der Waals surface area contributed by atoms with Gasteiger partial charge in [0.25, 0.3) is 0 Å². The molecular formula is C14H16FN3. The molecule has 1 aromatic carbocycles. The first-order valence-electron chi connectivity index (χ1n) is 5.81. The van der Waals surface area contributed by atoms with Crippen LogP contribution in [0.2, 0.25) is 0 Å². The first kappa shape index (κ1) is 12.5. The summed E-state index contributed by atoms with van der Waals surface area (Å²) in [6.07, 6.45) is 0. The average Bonchev–Trinajstić information content (AvgIpc) is 2.41. The van der Waals surface area contributed by atoms with Crippen LogP contribution in [0.1, 0.15) is 11.3 Å². The van der Waals surface area contributed by atoms with Gasteiger partial charge in [0.05, 0.1) is 5.69 Å². The summed E-state index contributed by atoms with van der Waals surface area (Å²) in [7, 11) is 1.88. The molecule has 0 aliphatic rings. The average molecular weight is 245 g/mol. The number of benzene rings is 1. The van der Waals surface area contributed by atoms with E-state index >= 15 is 0 Å². The number of pyridine rings is 1. The third-order valence-electron chi connectivity index (χ3n) is 2.76. The highest BCUT2D eigenvalue weighted by Gasteiger charge is 2.07. The first-order valence-corrected chi connectivity index (χ1v) is 5.81. The molecule has 1 aromatic heterocycles. The molecule has 0 spiro atoms. The minimum absolute atomic E-state index is 0.195. The van der Waals surface area contributed by atoms with E-state index in [0.29, 0.717) is 18.7 Å². The van der Waals surface area contributed by atoms with E-state index in [1.54, 1.807) is 12.1 Å². The summed E-state index contributed by atoms with van der Waals surface area (Å²) in [6.45, 7) is 0.884. The second-order valence-corrected chi connectivity index (χ2v) is 4.14. The highest BCUT2D eigenvalue weighted by atomic mass is 19.1. The number of hydrogen-bond acceptors (Lipinski definition) is 3. The fourth-order valence-electron chi connectivity index (χ4n) is 1.76. The van der Waals surface area contributed by atoms with E-state index in [2.05, 4.69) is 4.98 Å². The van der Waals surface area contributed by atoms with Crippen LogP contribution in [0.3, 0.4) is 0 Å².